The van der Waals surface area contributed by atoms with Crippen LogP contribution in [0, 0.1) is 13.8 Å². The van der Waals surface area contributed by atoms with Crippen molar-refractivity contribution in [3.63, 3.8) is 0 Å². The van der Waals surface area contributed by atoms with Gasteiger partial charge in [-0.25, -0.2) is 0 Å². The first-order chi connectivity index (χ1) is 8.68. The van der Waals surface area contributed by atoms with Crippen molar-refractivity contribution in [2.45, 2.75) is 45.6 Å². The smallest absolute Gasteiger partial charge is 0.255 e. The van der Waals surface area contributed by atoms with Gasteiger partial charge in [0.25, 0.3) is 5.91 Å². The summed E-state index contributed by atoms with van der Waals surface area (Å²) in [4.78, 5) is 12.0. The minimum atomic E-state index is -0.0467. The van der Waals surface area contributed by atoms with Gasteiger partial charge < -0.3 is 10.1 Å². The molecule has 1 aromatic heterocycles. The van der Waals surface area contributed by atoms with Crippen molar-refractivity contribution >= 4 is 5.91 Å². The number of nitrogens with zero attached hydrogens (tertiary/aromatic N) is 1. The fraction of sp³-hybridized carbons (Fsp3) is 0.692. The van der Waals surface area contributed by atoms with E-state index in [0.717, 1.165) is 37.3 Å². The SMILES string of the molecule is Cc1n[nH]c(C)c1C(=O)NCCC1CCCCO1. The lowest BCUT2D eigenvalue weighted by Gasteiger charge is -2.22. The molecule has 5 nitrogen and oxygen atoms in total. The van der Waals surface area contributed by atoms with Crippen LogP contribution in [0.4, 0.5) is 0 Å². The largest absolute Gasteiger partial charge is 0.378 e. The van der Waals surface area contributed by atoms with Gasteiger partial charge in [0.1, 0.15) is 0 Å². The molecule has 2 N–H and O–H groups in total. The zero-order valence-electron chi connectivity index (χ0n) is 11.1. The van der Waals surface area contributed by atoms with Gasteiger partial charge in [-0.1, -0.05) is 0 Å². The Hall–Kier alpha value is -1.36. The van der Waals surface area contributed by atoms with Gasteiger partial charge >= 0.3 is 0 Å². The van der Waals surface area contributed by atoms with Crippen LogP contribution in [0.25, 0.3) is 0 Å². The normalized spacial score (nSPS) is 19.8. The van der Waals surface area contributed by atoms with E-state index in [-0.39, 0.29) is 5.91 Å². The molecular formula is C13H21N3O2. The van der Waals surface area contributed by atoms with Gasteiger partial charge in [-0.2, -0.15) is 5.10 Å². The van der Waals surface area contributed by atoms with Crippen LogP contribution in [-0.2, 0) is 4.74 Å². The van der Waals surface area contributed by atoms with E-state index in [1.54, 1.807) is 0 Å². The van der Waals surface area contributed by atoms with Crippen LogP contribution < -0.4 is 5.32 Å². The van der Waals surface area contributed by atoms with Crippen molar-refractivity contribution in [1.29, 1.82) is 0 Å². The van der Waals surface area contributed by atoms with Crippen molar-refractivity contribution in [2.75, 3.05) is 13.2 Å². The number of H-pyrrole nitrogens is 1. The number of ether oxygens (including phenoxy) is 1. The number of carbonyl (C=O) groups excluding carboxylic acids is 1. The molecule has 1 saturated heterocycles. The summed E-state index contributed by atoms with van der Waals surface area (Å²) >= 11 is 0. The third-order valence-corrected chi connectivity index (χ3v) is 3.38. The molecule has 1 aliphatic rings. The molecule has 1 fully saturated rings. The van der Waals surface area contributed by atoms with E-state index in [2.05, 4.69) is 15.5 Å². The second kappa shape index (κ2) is 6.00. The molecule has 0 aromatic carbocycles. The summed E-state index contributed by atoms with van der Waals surface area (Å²) in [5.41, 5.74) is 2.23. The predicted molar refractivity (Wildman–Crippen MR) is 68.6 cm³/mol. The molecule has 0 saturated carbocycles. The Bertz CT molecular complexity index is 389. The summed E-state index contributed by atoms with van der Waals surface area (Å²) in [6.45, 7) is 5.22. The Kier molecular flexibility index (Phi) is 4.36. The van der Waals surface area contributed by atoms with Crippen molar-refractivity contribution < 1.29 is 9.53 Å². The summed E-state index contributed by atoms with van der Waals surface area (Å²) in [7, 11) is 0. The number of hydrogen-bond acceptors (Lipinski definition) is 3. The maximum atomic E-state index is 12.0. The molecule has 0 aliphatic carbocycles. The molecule has 1 atom stereocenters. The molecule has 2 heterocycles. The van der Waals surface area contributed by atoms with E-state index in [9.17, 15) is 4.79 Å². The molecule has 1 amide bonds. The molecule has 0 bridgehead atoms. The van der Waals surface area contributed by atoms with E-state index in [0.29, 0.717) is 18.2 Å². The molecule has 1 unspecified atom stereocenters. The highest BCUT2D eigenvalue weighted by atomic mass is 16.5. The minimum absolute atomic E-state index is 0.0467. The van der Waals surface area contributed by atoms with Gasteiger partial charge in [-0.15, -0.1) is 0 Å². The number of rotatable bonds is 4. The molecule has 0 radical (unpaired) electrons. The van der Waals surface area contributed by atoms with E-state index in [1.807, 2.05) is 13.8 Å². The van der Waals surface area contributed by atoms with Crippen LogP contribution in [0.15, 0.2) is 0 Å². The number of aryl methyl sites for hydroxylation is 2. The highest BCUT2D eigenvalue weighted by Gasteiger charge is 2.17. The van der Waals surface area contributed by atoms with Gasteiger partial charge in [0, 0.05) is 18.8 Å². The Morgan fingerprint density at radius 3 is 2.94 bits per heavy atom. The van der Waals surface area contributed by atoms with Crippen molar-refractivity contribution in [3.8, 4) is 0 Å². The van der Waals surface area contributed by atoms with Gasteiger partial charge in [0.2, 0.25) is 0 Å². The van der Waals surface area contributed by atoms with E-state index in [4.69, 9.17) is 4.74 Å². The van der Waals surface area contributed by atoms with Gasteiger partial charge in [-0.3, -0.25) is 9.89 Å². The molecule has 0 spiro atoms. The van der Waals surface area contributed by atoms with Gasteiger partial charge in [0.15, 0.2) is 0 Å². The fourth-order valence-electron chi connectivity index (χ4n) is 2.36. The molecule has 2 rings (SSSR count). The van der Waals surface area contributed by atoms with Crippen LogP contribution in [-0.4, -0.2) is 35.4 Å². The zero-order valence-corrected chi connectivity index (χ0v) is 11.1. The number of amides is 1. The maximum absolute atomic E-state index is 12.0. The lowest BCUT2D eigenvalue weighted by atomic mass is 10.1. The Labute approximate surface area is 107 Å². The van der Waals surface area contributed by atoms with Crippen molar-refractivity contribution in [1.82, 2.24) is 15.5 Å². The lowest BCUT2D eigenvalue weighted by Crippen LogP contribution is -2.30. The van der Waals surface area contributed by atoms with Gasteiger partial charge in [0.05, 0.1) is 17.4 Å². The van der Waals surface area contributed by atoms with Crippen LogP contribution in [0.2, 0.25) is 0 Å². The lowest BCUT2D eigenvalue weighted by molar-refractivity contribution is 0.0117. The summed E-state index contributed by atoms with van der Waals surface area (Å²) in [6, 6.07) is 0. The second-order valence-electron chi connectivity index (χ2n) is 4.84. The van der Waals surface area contributed by atoms with Crippen LogP contribution in [0.3, 0.4) is 0 Å². The monoisotopic (exact) mass is 251 g/mol. The maximum Gasteiger partial charge on any atom is 0.255 e. The molecule has 100 valence electrons. The Balaban J connectivity index is 1.78. The second-order valence-corrected chi connectivity index (χ2v) is 4.84. The first-order valence-corrected chi connectivity index (χ1v) is 6.60. The number of nitrogens with one attached hydrogen (secondary N) is 2. The van der Waals surface area contributed by atoms with E-state index in [1.165, 1.54) is 6.42 Å². The standard InChI is InChI=1S/C13H21N3O2/c1-9-12(10(2)16-15-9)13(17)14-7-6-11-5-3-4-8-18-11/h11H,3-8H2,1-2H3,(H,14,17)(H,15,16). The quantitative estimate of drug-likeness (QED) is 0.856. The summed E-state index contributed by atoms with van der Waals surface area (Å²) < 4.78 is 5.63. The average molecular weight is 251 g/mol. The van der Waals surface area contributed by atoms with Crippen LogP contribution in [0.1, 0.15) is 47.4 Å². The number of aromatic nitrogens is 2. The third-order valence-electron chi connectivity index (χ3n) is 3.38. The highest BCUT2D eigenvalue weighted by molar-refractivity contribution is 5.96. The first-order valence-electron chi connectivity index (χ1n) is 6.60. The van der Waals surface area contributed by atoms with Crippen molar-refractivity contribution in [2.24, 2.45) is 0 Å². The van der Waals surface area contributed by atoms with Gasteiger partial charge in [-0.05, 0) is 39.5 Å². The molecule has 5 heteroatoms. The highest BCUT2D eigenvalue weighted by Crippen LogP contribution is 2.15. The van der Waals surface area contributed by atoms with Crippen LogP contribution in [0.5, 0.6) is 0 Å². The Morgan fingerprint density at radius 2 is 2.33 bits per heavy atom. The molecule has 18 heavy (non-hydrogen) atoms. The summed E-state index contributed by atoms with van der Waals surface area (Å²) in [5.74, 6) is -0.0467. The number of hydrogen-bond donors (Lipinski definition) is 2. The third kappa shape index (κ3) is 3.10. The van der Waals surface area contributed by atoms with Crippen LogP contribution >= 0.6 is 0 Å². The minimum Gasteiger partial charge on any atom is -0.378 e. The fourth-order valence-corrected chi connectivity index (χ4v) is 2.36. The molecular weight excluding hydrogens is 230 g/mol. The van der Waals surface area contributed by atoms with E-state index < -0.39 is 0 Å². The Morgan fingerprint density at radius 1 is 1.50 bits per heavy atom. The number of aromatic amines is 1. The predicted octanol–water partition coefficient (Wildman–Crippen LogP) is 1.72. The van der Waals surface area contributed by atoms with E-state index >= 15 is 0 Å². The topological polar surface area (TPSA) is 67.0 Å². The molecule has 1 aliphatic heterocycles. The zero-order chi connectivity index (χ0) is 13.0. The average Bonchev–Trinajstić information content (AvgIpc) is 2.70. The molecule has 1 aromatic rings. The summed E-state index contributed by atoms with van der Waals surface area (Å²) in [6.07, 6.45) is 4.71. The summed E-state index contributed by atoms with van der Waals surface area (Å²) in [5, 5.41) is 9.78. The van der Waals surface area contributed by atoms with Crippen molar-refractivity contribution in [3.05, 3.63) is 17.0 Å². The first kappa shape index (κ1) is 13.1. The number of carbonyl (C=O) groups is 1.